The van der Waals surface area contributed by atoms with Gasteiger partial charge < -0.3 is 15.8 Å². The number of rotatable bonds is 5. The van der Waals surface area contributed by atoms with Crippen molar-refractivity contribution in [3.63, 3.8) is 0 Å². The third kappa shape index (κ3) is 2.73. The molecule has 3 rings (SSSR count). The van der Waals surface area contributed by atoms with Gasteiger partial charge >= 0.3 is 6.03 Å². The number of nitrogens with one attached hydrogen (secondary N) is 1. The Morgan fingerprint density at radius 1 is 1.27 bits per heavy atom. The fourth-order valence-corrected chi connectivity index (χ4v) is 3.21. The number of imide groups is 1. The zero-order valence-electron chi connectivity index (χ0n) is 12.5. The van der Waals surface area contributed by atoms with Gasteiger partial charge in [-0.1, -0.05) is 18.9 Å². The summed E-state index contributed by atoms with van der Waals surface area (Å²) in [5.74, 6) is 0.628. The van der Waals surface area contributed by atoms with Crippen LogP contribution in [0.1, 0.15) is 32.1 Å². The van der Waals surface area contributed by atoms with Crippen molar-refractivity contribution in [1.82, 2.24) is 10.2 Å². The van der Waals surface area contributed by atoms with Crippen molar-refractivity contribution in [3.8, 4) is 5.75 Å². The Hall–Kier alpha value is -2.24. The summed E-state index contributed by atoms with van der Waals surface area (Å²) in [4.78, 5) is 25.8. The van der Waals surface area contributed by atoms with Crippen LogP contribution in [0.15, 0.2) is 24.3 Å². The summed E-state index contributed by atoms with van der Waals surface area (Å²) in [7, 11) is 0. The summed E-state index contributed by atoms with van der Waals surface area (Å²) in [5.41, 5.74) is 5.71. The maximum atomic E-state index is 12.4. The minimum atomic E-state index is -0.619. The molecule has 6 nitrogen and oxygen atoms in total. The first-order valence-corrected chi connectivity index (χ1v) is 7.73. The Morgan fingerprint density at radius 3 is 2.77 bits per heavy atom. The summed E-state index contributed by atoms with van der Waals surface area (Å²) < 4.78 is 5.58. The molecule has 22 heavy (non-hydrogen) atoms. The molecule has 1 aromatic rings. The molecule has 2 aliphatic rings. The van der Waals surface area contributed by atoms with Crippen molar-refractivity contribution < 1.29 is 14.3 Å². The lowest BCUT2D eigenvalue weighted by molar-refractivity contribution is -0.131. The molecule has 1 aromatic carbocycles. The Morgan fingerprint density at radius 2 is 2.05 bits per heavy atom. The highest BCUT2D eigenvalue weighted by Gasteiger charge is 2.51. The minimum Gasteiger partial charge on any atom is -0.493 e. The smallest absolute Gasteiger partial charge is 0.325 e. The Kier molecular flexibility index (Phi) is 3.92. The largest absolute Gasteiger partial charge is 0.493 e. The highest BCUT2D eigenvalue weighted by atomic mass is 16.5. The molecule has 0 aromatic heterocycles. The van der Waals surface area contributed by atoms with E-state index in [1.165, 1.54) is 4.90 Å². The van der Waals surface area contributed by atoms with Crippen LogP contribution < -0.4 is 15.8 Å². The number of urea groups is 1. The van der Waals surface area contributed by atoms with Gasteiger partial charge in [-0.25, -0.2) is 4.79 Å². The molecule has 1 aliphatic carbocycles. The Labute approximate surface area is 129 Å². The number of benzene rings is 1. The molecule has 1 aliphatic heterocycles. The standard InChI is InChI=1S/C16H21N3O3/c17-12-5-3-6-13(11-12)22-10-4-9-19-14(20)16(18-15(19)21)7-1-2-8-16/h3,5-6,11H,1-2,4,7-10,17H2,(H,18,21). The van der Waals surface area contributed by atoms with Gasteiger partial charge in [-0.05, 0) is 31.4 Å². The first-order valence-electron chi connectivity index (χ1n) is 7.73. The van der Waals surface area contributed by atoms with Gasteiger partial charge in [0.2, 0.25) is 0 Å². The topological polar surface area (TPSA) is 84.7 Å². The summed E-state index contributed by atoms with van der Waals surface area (Å²) >= 11 is 0. The average Bonchev–Trinajstić information content (AvgIpc) is 3.04. The van der Waals surface area contributed by atoms with Crippen LogP contribution in [0.25, 0.3) is 0 Å². The molecule has 3 N–H and O–H groups in total. The van der Waals surface area contributed by atoms with Crippen molar-refractivity contribution >= 4 is 17.6 Å². The average molecular weight is 303 g/mol. The summed E-state index contributed by atoms with van der Waals surface area (Å²) in [6.45, 7) is 0.822. The number of nitrogens with two attached hydrogens (primary N) is 1. The van der Waals surface area contributed by atoms with E-state index in [-0.39, 0.29) is 11.9 Å². The van der Waals surface area contributed by atoms with E-state index in [0.29, 0.717) is 31.0 Å². The van der Waals surface area contributed by atoms with E-state index in [9.17, 15) is 9.59 Å². The number of anilines is 1. The van der Waals surface area contributed by atoms with E-state index in [2.05, 4.69) is 5.32 Å². The lowest BCUT2D eigenvalue weighted by Gasteiger charge is -2.20. The predicted octanol–water partition coefficient (Wildman–Crippen LogP) is 1.90. The van der Waals surface area contributed by atoms with Crippen molar-refractivity contribution in [3.05, 3.63) is 24.3 Å². The van der Waals surface area contributed by atoms with Crippen molar-refractivity contribution in [2.24, 2.45) is 0 Å². The number of carbonyl (C=O) groups is 2. The predicted molar refractivity (Wildman–Crippen MR) is 82.4 cm³/mol. The molecule has 6 heteroatoms. The van der Waals surface area contributed by atoms with Crippen LogP contribution in [-0.2, 0) is 4.79 Å². The van der Waals surface area contributed by atoms with E-state index in [1.54, 1.807) is 12.1 Å². The number of hydrogen-bond acceptors (Lipinski definition) is 4. The van der Waals surface area contributed by atoms with Crippen molar-refractivity contribution in [2.75, 3.05) is 18.9 Å². The molecule has 0 radical (unpaired) electrons. The molecule has 1 saturated heterocycles. The third-order valence-electron chi connectivity index (χ3n) is 4.36. The Balaban J connectivity index is 1.49. The van der Waals surface area contributed by atoms with Crippen molar-refractivity contribution in [2.45, 2.75) is 37.6 Å². The number of carbonyl (C=O) groups excluding carboxylic acids is 2. The van der Waals surface area contributed by atoms with Crippen LogP contribution in [0.3, 0.4) is 0 Å². The van der Waals surface area contributed by atoms with E-state index in [4.69, 9.17) is 10.5 Å². The molecular formula is C16H21N3O3. The highest BCUT2D eigenvalue weighted by molar-refractivity contribution is 6.07. The second-order valence-electron chi connectivity index (χ2n) is 5.95. The lowest BCUT2D eigenvalue weighted by atomic mass is 9.98. The summed E-state index contributed by atoms with van der Waals surface area (Å²) in [6.07, 6.45) is 4.11. The first-order chi connectivity index (χ1) is 10.6. The Bertz CT molecular complexity index is 582. The van der Waals surface area contributed by atoms with Gasteiger partial charge in [0, 0.05) is 18.3 Å². The van der Waals surface area contributed by atoms with Crippen LogP contribution in [0.4, 0.5) is 10.5 Å². The fraction of sp³-hybridized carbons (Fsp3) is 0.500. The molecule has 0 bridgehead atoms. The van der Waals surface area contributed by atoms with Crippen LogP contribution >= 0.6 is 0 Å². The number of nitrogen functional groups attached to an aromatic ring is 1. The van der Waals surface area contributed by atoms with Gasteiger partial charge in [-0.15, -0.1) is 0 Å². The summed E-state index contributed by atoms with van der Waals surface area (Å²) in [5, 5.41) is 2.88. The number of ether oxygens (including phenoxy) is 1. The normalized spacial score (nSPS) is 19.7. The monoisotopic (exact) mass is 303 g/mol. The van der Waals surface area contributed by atoms with Gasteiger partial charge in [0.05, 0.1) is 6.61 Å². The first kappa shape index (κ1) is 14.7. The maximum absolute atomic E-state index is 12.4. The molecule has 0 unspecified atom stereocenters. The van der Waals surface area contributed by atoms with E-state index in [1.807, 2.05) is 12.1 Å². The molecule has 118 valence electrons. The van der Waals surface area contributed by atoms with Gasteiger partial charge in [0.15, 0.2) is 0 Å². The van der Waals surface area contributed by atoms with Gasteiger partial charge in [0.25, 0.3) is 5.91 Å². The van der Waals surface area contributed by atoms with Crippen molar-refractivity contribution in [1.29, 1.82) is 0 Å². The van der Waals surface area contributed by atoms with Crippen LogP contribution in [0.2, 0.25) is 0 Å². The number of amides is 3. The molecule has 1 saturated carbocycles. The molecule has 1 heterocycles. The molecule has 1 spiro atoms. The quantitative estimate of drug-likeness (QED) is 0.494. The van der Waals surface area contributed by atoms with Crippen LogP contribution in [0, 0.1) is 0 Å². The molecule has 3 amide bonds. The van der Waals surface area contributed by atoms with Crippen LogP contribution in [-0.4, -0.2) is 35.5 Å². The summed E-state index contributed by atoms with van der Waals surface area (Å²) in [6, 6.07) is 6.93. The minimum absolute atomic E-state index is 0.0704. The second kappa shape index (κ2) is 5.87. The van der Waals surface area contributed by atoms with E-state index in [0.717, 1.165) is 25.7 Å². The molecule has 2 fully saturated rings. The number of nitrogens with zero attached hydrogens (tertiary/aromatic N) is 1. The molecular weight excluding hydrogens is 282 g/mol. The van der Waals surface area contributed by atoms with Gasteiger partial charge in [-0.2, -0.15) is 0 Å². The highest BCUT2D eigenvalue weighted by Crippen LogP contribution is 2.35. The zero-order chi connectivity index (χ0) is 15.6. The molecule has 0 atom stereocenters. The van der Waals surface area contributed by atoms with Crippen LogP contribution in [0.5, 0.6) is 5.75 Å². The van der Waals surface area contributed by atoms with Gasteiger partial charge in [-0.3, -0.25) is 9.69 Å². The zero-order valence-corrected chi connectivity index (χ0v) is 12.5. The SMILES string of the molecule is Nc1cccc(OCCCN2C(=O)NC3(CCCC3)C2=O)c1. The van der Waals surface area contributed by atoms with Gasteiger partial charge in [0.1, 0.15) is 11.3 Å². The number of hydrogen-bond donors (Lipinski definition) is 2. The van der Waals surface area contributed by atoms with E-state index < -0.39 is 5.54 Å². The van der Waals surface area contributed by atoms with E-state index >= 15 is 0 Å². The fourth-order valence-electron chi connectivity index (χ4n) is 3.21. The second-order valence-corrected chi connectivity index (χ2v) is 5.95. The third-order valence-corrected chi connectivity index (χ3v) is 4.36. The maximum Gasteiger partial charge on any atom is 0.325 e. The lowest BCUT2D eigenvalue weighted by Crippen LogP contribution is -2.44.